The maximum Gasteiger partial charge on any atom is 0.333 e. The van der Waals surface area contributed by atoms with Crippen LogP contribution in [0.1, 0.15) is 27.2 Å². The zero-order chi connectivity index (χ0) is 14.8. The van der Waals surface area contributed by atoms with Gasteiger partial charge in [-0.1, -0.05) is 13.0 Å². The molecule has 0 saturated heterocycles. The first kappa shape index (κ1) is 17.6. The monoisotopic (exact) mass is 270 g/mol. The molecule has 0 N–H and O–H groups in total. The molecule has 0 unspecified atom stereocenters. The van der Waals surface area contributed by atoms with Crippen molar-refractivity contribution in [1.29, 1.82) is 0 Å². The van der Waals surface area contributed by atoms with Crippen molar-refractivity contribution in [3.63, 3.8) is 0 Å². The number of nitrogens with zero attached hydrogens (tertiary/aromatic N) is 2. The molecule has 0 aromatic rings. The van der Waals surface area contributed by atoms with Gasteiger partial charge in [0.2, 0.25) is 5.91 Å². The molecule has 0 spiro atoms. The van der Waals surface area contributed by atoms with Crippen LogP contribution in [0.3, 0.4) is 0 Å². The molecule has 19 heavy (non-hydrogen) atoms. The highest BCUT2D eigenvalue weighted by Gasteiger charge is 2.12. The summed E-state index contributed by atoms with van der Waals surface area (Å²) in [6, 6.07) is 0. The molecule has 0 saturated carbocycles. The second kappa shape index (κ2) is 9.55. The van der Waals surface area contributed by atoms with Gasteiger partial charge >= 0.3 is 5.97 Å². The number of carbonyl (C=O) groups excluding carboxylic acids is 2. The van der Waals surface area contributed by atoms with Crippen LogP contribution in [0.25, 0.3) is 0 Å². The van der Waals surface area contributed by atoms with E-state index in [1.165, 1.54) is 7.11 Å². The zero-order valence-electron chi connectivity index (χ0n) is 12.7. The van der Waals surface area contributed by atoms with Crippen LogP contribution >= 0.6 is 0 Å². The van der Waals surface area contributed by atoms with E-state index in [-0.39, 0.29) is 11.9 Å². The number of likely N-dealkylation sites (N-methyl/N-ethyl adjacent to an activating group) is 2. The van der Waals surface area contributed by atoms with Crippen molar-refractivity contribution in [3.8, 4) is 0 Å². The quantitative estimate of drug-likeness (QED) is 0.493. The molecule has 0 aromatic carbocycles. The van der Waals surface area contributed by atoms with E-state index in [1.807, 2.05) is 38.8 Å². The van der Waals surface area contributed by atoms with Gasteiger partial charge in [0.1, 0.15) is 0 Å². The lowest BCUT2D eigenvalue weighted by atomic mass is 10.2. The second-order valence-corrected chi connectivity index (χ2v) is 4.34. The molecule has 1 amide bonds. The summed E-state index contributed by atoms with van der Waals surface area (Å²) in [5.41, 5.74) is 0.643. The Labute approximate surface area is 116 Å². The topological polar surface area (TPSA) is 49.9 Å². The molecule has 0 aromatic heterocycles. The van der Waals surface area contributed by atoms with Crippen LogP contribution in [-0.4, -0.2) is 62.0 Å². The molecule has 110 valence electrons. The van der Waals surface area contributed by atoms with Crippen molar-refractivity contribution in [2.75, 3.05) is 40.3 Å². The van der Waals surface area contributed by atoms with Gasteiger partial charge in [0, 0.05) is 25.2 Å². The standard InChI is InChI=1S/C14H26N2O3/c1-6-12(14(18)19-5)9-10-15(4)11-13(17)16(7-2)8-3/h9H,6-8,10-11H2,1-5H3. The van der Waals surface area contributed by atoms with E-state index in [1.54, 1.807) is 4.90 Å². The fraction of sp³-hybridized carbons (Fsp3) is 0.714. The first-order chi connectivity index (χ1) is 8.99. The molecule has 0 bridgehead atoms. The number of ether oxygens (including phenoxy) is 1. The van der Waals surface area contributed by atoms with Crippen LogP contribution in [0.15, 0.2) is 11.6 Å². The van der Waals surface area contributed by atoms with Gasteiger partial charge in [0.25, 0.3) is 0 Å². The van der Waals surface area contributed by atoms with E-state index < -0.39 is 0 Å². The smallest absolute Gasteiger partial charge is 0.333 e. The average molecular weight is 270 g/mol. The normalized spacial score (nSPS) is 11.6. The third kappa shape index (κ3) is 6.38. The number of amides is 1. The third-order valence-corrected chi connectivity index (χ3v) is 3.00. The number of methoxy groups -OCH3 is 1. The number of carbonyl (C=O) groups is 2. The SMILES string of the molecule is CCC(=CCN(C)CC(=O)N(CC)CC)C(=O)OC. The highest BCUT2D eigenvalue weighted by Crippen LogP contribution is 2.03. The molecule has 0 fully saturated rings. The van der Waals surface area contributed by atoms with E-state index in [2.05, 4.69) is 4.74 Å². The minimum Gasteiger partial charge on any atom is -0.466 e. The van der Waals surface area contributed by atoms with E-state index in [0.717, 1.165) is 13.1 Å². The summed E-state index contributed by atoms with van der Waals surface area (Å²) in [5, 5.41) is 0. The molecule has 0 radical (unpaired) electrons. The number of hydrogen-bond donors (Lipinski definition) is 0. The van der Waals surface area contributed by atoms with Crippen LogP contribution in [0.5, 0.6) is 0 Å². The van der Waals surface area contributed by atoms with Crippen molar-refractivity contribution in [2.24, 2.45) is 0 Å². The summed E-state index contributed by atoms with van der Waals surface area (Å²) >= 11 is 0. The first-order valence-electron chi connectivity index (χ1n) is 6.73. The summed E-state index contributed by atoms with van der Waals surface area (Å²) in [4.78, 5) is 27.0. The molecular weight excluding hydrogens is 244 g/mol. The number of esters is 1. The Morgan fingerprint density at radius 1 is 1.16 bits per heavy atom. The zero-order valence-corrected chi connectivity index (χ0v) is 12.7. The fourth-order valence-corrected chi connectivity index (χ4v) is 1.74. The fourth-order valence-electron chi connectivity index (χ4n) is 1.74. The Morgan fingerprint density at radius 3 is 2.16 bits per heavy atom. The summed E-state index contributed by atoms with van der Waals surface area (Å²) in [7, 11) is 3.24. The van der Waals surface area contributed by atoms with Gasteiger partial charge in [0.05, 0.1) is 13.7 Å². The van der Waals surface area contributed by atoms with Crippen LogP contribution in [0.2, 0.25) is 0 Å². The van der Waals surface area contributed by atoms with Gasteiger partial charge in [-0.3, -0.25) is 9.69 Å². The Balaban J connectivity index is 4.38. The minimum absolute atomic E-state index is 0.108. The number of hydrogen-bond acceptors (Lipinski definition) is 4. The lowest BCUT2D eigenvalue weighted by Crippen LogP contribution is -2.38. The summed E-state index contributed by atoms with van der Waals surface area (Å²) in [6.07, 6.45) is 2.45. The second-order valence-electron chi connectivity index (χ2n) is 4.34. The maximum atomic E-state index is 11.9. The summed E-state index contributed by atoms with van der Waals surface area (Å²) < 4.78 is 4.69. The van der Waals surface area contributed by atoms with Crippen molar-refractivity contribution in [3.05, 3.63) is 11.6 Å². The molecule has 0 aliphatic carbocycles. The number of rotatable bonds is 8. The van der Waals surface area contributed by atoms with Gasteiger partial charge < -0.3 is 9.64 Å². The van der Waals surface area contributed by atoms with Crippen molar-refractivity contribution >= 4 is 11.9 Å². The lowest BCUT2D eigenvalue weighted by molar-refractivity contribution is -0.136. The first-order valence-corrected chi connectivity index (χ1v) is 6.73. The van der Waals surface area contributed by atoms with Gasteiger partial charge in [-0.15, -0.1) is 0 Å². The molecule has 5 nitrogen and oxygen atoms in total. The Bertz CT molecular complexity index is 323. The molecule has 5 heteroatoms. The Morgan fingerprint density at radius 2 is 1.74 bits per heavy atom. The predicted octanol–water partition coefficient (Wildman–Crippen LogP) is 1.30. The lowest BCUT2D eigenvalue weighted by Gasteiger charge is -2.22. The van der Waals surface area contributed by atoms with Gasteiger partial charge in [-0.05, 0) is 27.3 Å². The Hall–Kier alpha value is -1.36. The maximum absolute atomic E-state index is 11.9. The molecule has 0 aliphatic rings. The molecular formula is C14H26N2O3. The minimum atomic E-state index is -0.300. The molecule has 0 aliphatic heterocycles. The van der Waals surface area contributed by atoms with Crippen molar-refractivity contribution < 1.29 is 14.3 Å². The van der Waals surface area contributed by atoms with Crippen molar-refractivity contribution in [2.45, 2.75) is 27.2 Å². The third-order valence-electron chi connectivity index (χ3n) is 3.00. The predicted molar refractivity (Wildman–Crippen MR) is 75.8 cm³/mol. The van der Waals surface area contributed by atoms with Gasteiger partial charge in [-0.25, -0.2) is 4.79 Å². The van der Waals surface area contributed by atoms with E-state index in [0.29, 0.717) is 25.1 Å². The van der Waals surface area contributed by atoms with E-state index >= 15 is 0 Å². The molecule has 0 rings (SSSR count). The van der Waals surface area contributed by atoms with E-state index in [4.69, 9.17) is 0 Å². The summed E-state index contributed by atoms with van der Waals surface area (Å²) in [6.45, 7) is 8.20. The van der Waals surface area contributed by atoms with Crippen LogP contribution < -0.4 is 0 Å². The Kier molecular flexibility index (Phi) is 8.87. The molecule has 0 atom stereocenters. The van der Waals surface area contributed by atoms with Gasteiger partial charge in [-0.2, -0.15) is 0 Å². The van der Waals surface area contributed by atoms with Crippen molar-refractivity contribution in [1.82, 2.24) is 9.80 Å². The highest BCUT2D eigenvalue weighted by atomic mass is 16.5. The largest absolute Gasteiger partial charge is 0.466 e. The molecule has 0 heterocycles. The summed E-state index contributed by atoms with van der Waals surface area (Å²) in [5.74, 6) is -0.192. The van der Waals surface area contributed by atoms with Crippen LogP contribution in [0.4, 0.5) is 0 Å². The average Bonchev–Trinajstić information content (AvgIpc) is 2.40. The van der Waals surface area contributed by atoms with Crippen LogP contribution in [-0.2, 0) is 14.3 Å². The van der Waals surface area contributed by atoms with Crippen LogP contribution in [0, 0.1) is 0 Å². The highest BCUT2D eigenvalue weighted by molar-refractivity contribution is 5.88. The van der Waals surface area contributed by atoms with E-state index in [9.17, 15) is 9.59 Å². The van der Waals surface area contributed by atoms with Gasteiger partial charge in [0.15, 0.2) is 0 Å².